The molecule has 1 amide bonds. The molecule has 0 fully saturated rings. The number of hydrogen-bond donors (Lipinski definition) is 5. The lowest BCUT2D eigenvalue weighted by atomic mass is 10.1. The Labute approximate surface area is 164 Å². The van der Waals surface area contributed by atoms with Gasteiger partial charge in [0.2, 0.25) is 5.95 Å². The van der Waals surface area contributed by atoms with Crippen LogP contribution in [0, 0.1) is 0 Å². The summed E-state index contributed by atoms with van der Waals surface area (Å²) in [5, 5.41) is 14.5. The number of carboxylic acids is 1. The molecule has 2 aromatic heterocycles. The van der Waals surface area contributed by atoms with Crippen molar-refractivity contribution in [2.24, 2.45) is 0 Å². The lowest BCUT2D eigenvalue weighted by molar-refractivity contribution is -0.137. The van der Waals surface area contributed by atoms with Crippen molar-refractivity contribution in [1.82, 2.24) is 25.3 Å². The summed E-state index contributed by atoms with van der Waals surface area (Å²) in [4.78, 5) is 39.5. The minimum atomic E-state index is -1.18. The van der Waals surface area contributed by atoms with Crippen LogP contribution in [-0.4, -0.2) is 43.0 Å². The molecule has 11 nitrogen and oxygen atoms in total. The van der Waals surface area contributed by atoms with Crippen LogP contribution < -0.4 is 22.1 Å². The van der Waals surface area contributed by atoms with Crippen molar-refractivity contribution < 1.29 is 14.7 Å². The average molecular weight is 394 g/mol. The van der Waals surface area contributed by atoms with Crippen LogP contribution in [0.4, 0.5) is 17.5 Å². The van der Waals surface area contributed by atoms with Gasteiger partial charge in [-0.25, -0.2) is 14.8 Å². The van der Waals surface area contributed by atoms with Gasteiger partial charge in [0.05, 0.1) is 18.4 Å². The Kier molecular flexibility index (Phi) is 5.49. The third-order valence-electron chi connectivity index (χ3n) is 3.91. The highest BCUT2D eigenvalue weighted by molar-refractivity contribution is 5.97. The first-order valence-electron chi connectivity index (χ1n) is 8.42. The fourth-order valence-electron chi connectivity index (χ4n) is 2.45. The largest absolute Gasteiger partial charge is 0.479 e. The predicted molar refractivity (Wildman–Crippen MR) is 107 cm³/mol. The van der Waals surface area contributed by atoms with Gasteiger partial charge in [-0.05, 0) is 24.3 Å². The van der Waals surface area contributed by atoms with Crippen LogP contribution in [0.15, 0.2) is 43.1 Å². The maximum absolute atomic E-state index is 12.1. The van der Waals surface area contributed by atoms with E-state index in [-0.39, 0.29) is 11.8 Å². The molecule has 3 rings (SSSR count). The van der Waals surface area contributed by atoms with Gasteiger partial charge in [-0.15, -0.1) is 6.58 Å². The first-order chi connectivity index (χ1) is 13.9. The topological polar surface area (TPSA) is 182 Å². The van der Waals surface area contributed by atoms with Gasteiger partial charge in [0, 0.05) is 11.3 Å². The van der Waals surface area contributed by atoms with Crippen LogP contribution in [-0.2, 0) is 11.3 Å². The number of carbonyl (C=O) groups is 2. The highest BCUT2D eigenvalue weighted by Crippen LogP contribution is 2.16. The number of carbonyl (C=O) groups excluding carboxylic acids is 1. The van der Waals surface area contributed by atoms with E-state index in [9.17, 15) is 9.59 Å². The van der Waals surface area contributed by atoms with Crippen LogP contribution in [0.5, 0.6) is 0 Å². The zero-order valence-electron chi connectivity index (χ0n) is 15.2. The molecular weight excluding hydrogens is 376 g/mol. The summed E-state index contributed by atoms with van der Waals surface area (Å²) in [5.74, 6) is -1.52. The molecule has 0 saturated heterocycles. The van der Waals surface area contributed by atoms with Gasteiger partial charge < -0.3 is 27.2 Å². The zero-order valence-corrected chi connectivity index (χ0v) is 15.2. The first-order valence-corrected chi connectivity index (χ1v) is 8.42. The molecule has 1 aromatic carbocycles. The van der Waals surface area contributed by atoms with E-state index >= 15 is 0 Å². The molecule has 0 aliphatic rings. The van der Waals surface area contributed by atoms with E-state index in [4.69, 9.17) is 16.6 Å². The zero-order chi connectivity index (χ0) is 21.0. The number of anilines is 3. The highest BCUT2D eigenvalue weighted by Gasteiger charge is 2.17. The van der Waals surface area contributed by atoms with Crippen molar-refractivity contribution in [3.63, 3.8) is 0 Å². The summed E-state index contributed by atoms with van der Waals surface area (Å²) >= 11 is 0. The van der Waals surface area contributed by atoms with Crippen molar-refractivity contribution in [3.05, 3.63) is 54.4 Å². The summed E-state index contributed by atoms with van der Waals surface area (Å²) in [5.41, 5.74) is 13.7. The standard InChI is InChI=1S/C18H18N8O3/c1-2-12(17(28)29)24-16(27)9-3-5-10(6-4-9)21-7-11-8-22-15-13(23-11)14(19)25-18(20)26-15/h2-6,8,12,21H,1,7H2,(H,24,27)(H,28,29)(H4,19,20,22,25,26)/t12-/m0/s1. The normalized spacial score (nSPS) is 11.6. The summed E-state index contributed by atoms with van der Waals surface area (Å²) in [6, 6.07) is 5.36. The maximum Gasteiger partial charge on any atom is 0.330 e. The third kappa shape index (κ3) is 4.53. The molecule has 0 spiro atoms. The smallest absolute Gasteiger partial charge is 0.330 e. The van der Waals surface area contributed by atoms with Gasteiger partial charge in [0.1, 0.15) is 6.04 Å². The number of fused-ring (bicyclic) bond motifs is 1. The Morgan fingerprint density at radius 1 is 1.17 bits per heavy atom. The Morgan fingerprint density at radius 2 is 1.90 bits per heavy atom. The summed E-state index contributed by atoms with van der Waals surface area (Å²) in [6.45, 7) is 3.73. The van der Waals surface area contributed by atoms with Crippen LogP contribution in [0.3, 0.4) is 0 Å². The molecule has 0 radical (unpaired) electrons. The average Bonchev–Trinajstić information content (AvgIpc) is 2.70. The van der Waals surface area contributed by atoms with Crippen molar-refractivity contribution in [1.29, 1.82) is 0 Å². The molecule has 0 saturated carbocycles. The van der Waals surface area contributed by atoms with Crippen molar-refractivity contribution in [2.45, 2.75) is 12.6 Å². The first kappa shape index (κ1) is 19.5. The highest BCUT2D eigenvalue weighted by atomic mass is 16.4. The fourth-order valence-corrected chi connectivity index (χ4v) is 2.45. The number of nitrogens with one attached hydrogen (secondary N) is 2. The Bertz CT molecular complexity index is 1080. The van der Waals surface area contributed by atoms with E-state index in [2.05, 4.69) is 37.1 Å². The van der Waals surface area contributed by atoms with Gasteiger partial charge in [0.25, 0.3) is 5.91 Å². The molecule has 148 valence electrons. The van der Waals surface area contributed by atoms with Gasteiger partial charge in [-0.3, -0.25) is 4.79 Å². The molecule has 7 N–H and O–H groups in total. The lowest BCUT2D eigenvalue weighted by Crippen LogP contribution is -2.39. The van der Waals surface area contributed by atoms with Gasteiger partial charge in [0.15, 0.2) is 17.0 Å². The van der Waals surface area contributed by atoms with Crippen molar-refractivity contribution in [3.8, 4) is 0 Å². The molecule has 1 atom stereocenters. The van der Waals surface area contributed by atoms with Crippen molar-refractivity contribution >= 4 is 40.5 Å². The Hall–Kier alpha value is -4.28. The number of aliphatic carboxylic acids is 1. The van der Waals surface area contributed by atoms with Gasteiger partial charge in [-0.1, -0.05) is 6.08 Å². The molecule has 3 aromatic rings. The number of carboxylic acid groups (broad SMARTS) is 1. The molecule has 0 aliphatic heterocycles. The fraction of sp³-hybridized carbons (Fsp3) is 0.111. The monoisotopic (exact) mass is 394 g/mol. The molecule has 0 bridgehead atoms. The number of nitrogens with zero attached hydrogens (tertiary/aromatic N) is 4. The molecule has 2 heterocycles. The van der Waals surface area contributed by atoms with Crippen molar-refractivity contribution in [2.75, 3.05) is 16.8 Å². The Morgan fingerprint density at radius 3 is 2.55 bits per heavy atom. The van der Waals surface area contributed by atoms with E-state index in [1.54, 1.807) is 30.5 Å². The predicted octanol–water partition coefficient (Wildman–Crippen LogP) is 0.565. The second kappa shape index (κ2) is 8.17. The minimum absolute atomic E-state index is 0.0297. The quantitative estimate of drug-likeness (QED) is 0.355. The van der Waals surface area contributed by atoms with Crippen LogP contribution >= 0.6 is 0 Å². The number of nitrogen functional groups attached to an aromatic ring is 2. The summed E-state index contributed by atoms with van der Waals surface area (Å²) in [7, 11) is 0. The lowest BCUT2D eigenvalue weighted by Gasteiger charge is -2.11. The molecule has 0 unspecified atom stereocenters. The number of amides is 1. The second-order valence-corrected chi connectivity index (χ2v) is 5.96. The number of benzene rings is 1. The van der Waals surface area contributed by atoms with Crippen LogP contribution in [0.1, 0.15) is 16.1 Å². The maximum atomic E-state index is 12.1. The van der Waals surface area contributed by atoms with Gasteiger partial charge in [-0.2, -0.15) is 9.97 Å². The van der Waals surface area contributed by atoms with E-state index in [1.165, 1.54) is 0 Å². The summed E-state index contributed by atoms with van der Waals surface area (Å²) in [6.07, 6.45) is 2.69. The third-order valence-corrected chi connectivity index (χ3v) is 3.91. The van der Waals surface area contributed by atoms with E-state index < -0.39 is 17.9 Å². The minimum Gasteiger partial charge on any atom is -0.479 e. The molecule has 11 heteroatoms. The molecular formula is C18H18N8O3. The molecule has 29 heavy (non-hydrogen) atoms. The van der Waals surface area contributed by atoms with Gasteiger partial charge >= 0.3 is 5.97 Å². The van der Waals surface area contributed by atoms with Crippen LogP contribution in [0.25, 0.3) is 11.2 Å². The number of hydrogen-bond acceptors (Lipinski definition) is 9. The van der Waals surface area contributed by atoms with Crippen LogP contribution in [0.2, 0.25) is 0 Å². The number of rotatable bonds is 7. The molecule has 0 aliphatic carbocycles. The second-order valence-electron chi connectivity index (χ2n) is 5.96. The van der Waals surface area contributed by atoms with E-state index in [1.807, 2.05) is 0 Å². The number of nitrogens with two attached hydrogens (primary N) is 2. The van der Waals surface area contributed by atoms with E-state index in [0.29, 0.717) is 29.0 Å². The SMILES string of the molecule is C=C[C@H](NC(=O)c1ccc(NCc2cnc3nc(N)nc(N)c3n2)cc1)C(=O)O. The Balaban J connectivity index is 1.66. The number of aromatic nitrogens is 4. The van der Waals surface area contributed by atoms with E-state index in [0.717, 1.165) is 11.8 Å². The summed E-state index contributed by atoms with van der Waals surface area (Å²) < 4.78 is 0.